The molecule has 0 radical (unpaired) electrons. The van der Waals surface area contributed by atoms with E-state index in [1.807, 2.05) is 30.3 Å². The number of carbonyl (C=O) groups excluding carboxylic acids is 2. The lowest BCUT2D eigenvalue weighted by atomic mass is 10.0. The lowest BCUT2D eigenvalue weighted by Crippen LogP contribution is -2.53. The molecule has 2 amide bonds. The van der Waals surface area contributed by atoms with Crippen LogP contribution in [0.2, 0.25) is 0 Å². The highest BCUT2D eigenvalue weighted by atomic mass is 16.3. The van der Waals surface area contributed by atoms with Gasteiger partial charge in [-0.3, -0.25) is 9.59 Å². The van der Waals surface area contributed by atoms with Crippen LogP contribution in [0.4, 0.5) is 0 Å². The average Bonchev–Trinajstić information content (AvgIpc) is 2.70. The molecule has 0 unspecified atom stereocenters. The predicted molar refractivity (Wildman–Crippen MR) is 110 cm³/mol. The molecule has 0 saturated carbocycles. The Morgan fingerprint density at radius 1 is 1.07 bits per heavy atom. The predicted octanol–water partition coefficient (Wildman–Crippen LogP) is 1.86. The zero-order chi connectivity index (χ0) is 20.5. The molecule has 0 fully saturated rings. The number of nitrogens with two attached hydrogens (primary N) is 1. The Bertz CT molecular complexity index is 762. The number of aromatic hydroxyl groups is 1. The smallest absolute Gasteiger partial charge is 0.240 e. The Kier molecular flexibility index (Phi) is 8.02. The van der Waals surface area contributed by atoms with Crippen molar-refractivity contribution in [2.24, 2.45) is 5.73 Å². The number of benzene rings is 2. The monoisotopic (exact) mass is 383 g/mol. The average molecular weight is 383 g/mol. The first-order chi connectivity index (χ1) is 13.4. The highest BCUT2D eigenvalue weighted by Crippen LogP contribution is 2.14. The summed E-state index contributed by atoms with van der Waals surface area (Å²) in [7, 11) is 1.72. The van der Waals surface area contributed by atoms with Gasteiger partial charge in [-0.1, -0.05) is 42.5 Å². The number of phenolic OH excluding ortho intramolecular Hbond substituents is 1. The van der Waals surface area contributed by atoms with Gasteiger partial charge in [0.1, 0.15) is 11.8 Å². The van der Waals surface area contributed by atoms with Gasteiger partial charge in [-0.05, 0) is 56.5 Å². The fourth-order valence-electron chi connectivity index (χ4n) is 3.13. The quantitative estimate of drug-likeness (QED) is 0.583. The van der Waals surface area contributed by atoms with E-state index in [1.54, 1.807) is 43.1 Å². The van der Waals surface area contributed by atoms with Crippen molar-refractivity contribution in [2.45, 2.75) is 38.3 Å². The molecule has 0 bridgehead atoms. The summed E-state index contributed by atoms with van der Waals surface area (Å²) in [6, 6.07) is 15.6. The zero-order valence-corrected chi connectivity index (χ0v) is 16.5. The number of nitrogens with one attached hydrogen (secondary N) is 1. The van der Waals surface area contributed by atoms with E-state index in [0.717, 1.165) is 18.4 Å². The molecule has 6 nitrogen and oxygen atoms in total. The summed E-state index contributed by atoms with van der Waals surface area (Å²) in [5.74, 6) is -0.497. The van der Waals surface area contributed by atoms with Gasteiger partial charge in [0.25, 0.3) is 0 Å². The van der Waals surface area contributed by atoms with Gasteiger partial charge in [0.2, 0.25) is 11.8 Å². The highest BCUT2D eigenvalue weighted by Gasteiger charge is 2.29. The maximum Gasteiger partial charge on any atom is 0.240 e. The molecule has 0 saturated heterocycles. The van der Waals surface area contributed by atoms with Crippen LogP contribution in [-0.2, 0) is 22.4 Å². The second kappa shape index (κ2) is 10.5. The maximum atomic E-state index is 13.1. The molecule has 150 valence electrons. The lowest BCUT2D eigenvalue weighted by molar-refractivity contribution is -0.140. The molecular weight excluding hydrogens is 354 g/mol. The van der Waals surface area contributed by atoms with Gasteiger partial charge in [-0.2, -0.15) is 0 Å². The van der Waals surface area contributed by atoms with Gasteiger partial charge >= 0.3 is 0 Å². The van der Waals surface area contributed by atoms with Crippen molar-refractivity contribution in [2.75, 3.05) is 13.6 Å². The molecule has 0 heterocycles. The summed E-state index contributed by atoms with van der Waals surface area (Å²) < 4.78 is 0. The fourth-order valence-corrected chi connectivity index (χ4v) is 3.13. The first kappa shape index (κ1) is 21.4. The Morgan fingerprint density at radius 3 is 2.29 bits per heavy atom. The molecular formula is C22H29N3O3. The number of amides is 2. The SMILES string of the molecule is CN[C@@H](Cc1ccc(O)cc1)C(=O)N(CCCc1ccccc1)[C@H](C)C(N)=O. The summed E-state index contributed by atoms with van der Waals surface area (Å²) in [5.41, 5.74) is 7.60. The minimum atomic E-state index is -0.682. The minimum absolute atomic E-state index is 0.157. The fraction of sp³-hybridized carbons (Fsp3) is 0.364. The molecule has 2 aromatic rings. The van der Waals surface area contributed by atoms with Crippen LogP contribution in [0.3, 0.4) is 0 Å². The molecule has 0 aliphatic rings. The molecule has 6 heteroatoms. The number of likely N-dealkylation sites (N-methyl/N-ethyl adjacent to an activating group) is 1. The topological polar surface area (TPSA) is 95.7 Å². The molecule has 4 N–H and O–H groups in total. The summed E-state index contributed by atoms with van der Waals surface area (Å²) in [6.45, 7) is 2.11. The molecule has 0 aromatic heterocycles. The second-order valence-corrected chi connectivity index (χ2v) is 6.91. The Labute approximate surface area is 166 Å². The van der Waals surface area contributed by atoms with Crippen molar-refractivity contribution in [3.8, 4) is 5.75 Å². The van der Waals surface area contributed by atoms with Crippen LogP contribution in [0, 0.1) is 0 Å². The standard InChI is InChI=1S/C22H29N3O3/c1-16(21(23)27)25(14-6-9-17-7-4-3-5-8-17)22(28)20(24-2)15-18-10-12-19(26)13-11-18/h3-5,7-8,10-13,16,20,24,26H,6,9,14-15H2,1-2H3,(H2,23,27)/t16-,20+/m1/s1. The van der Waals surface area contributed by atoms with E-state index in [1.165, 1.54) is 5.56 Å². The number of phenols is 1. The van der Waals surface area contributed by atoms with Gasteiger partial charge < -0.3 is 21.1 Å². The minimum Gasteiger partial charge on any atom is -0.508 e. The van der Waals surface area contributed by atoms with Crippen molar-refractivity contribution < 1.29 is 14.7 Å². The van der Waals surface area contributed by atoms with E-state index in [-0.39, 0.29) is 11.7 Å². The van der Waals surface area contributed by atoms with Crippen LogP contribution < -0.4 is 11.1 Å². The number of carbonyl (C=O) groups is 2. The third kappa shape index (κ3) is 6.09. The van der Waals surface area contributed by atoms with Crippen LogP contribution in [0.25, 0.3) is 0 Å². The summed E-state index contributed by atoms with van der Waals surface area (Å²) in [6.07, 6.45) is 2.01. The van der Waals surface area contributed by atoms with Crippen molar-refractivity contribution >= 4 is 11.8 Å². The van der Waals surface area contributed by atoms with Crippen LogP contribution in [-0.4, -0.2) is 47.5 Å². The van der Waals surface area contributed by atoms with Crippen LogP contribution >= 0.6 is 0 Å². The van der Waals surface area contributed by atoms with E-state index >= 15 is 0 Å². The summed E-state index contributed by atoms with van der Waals surface area (Å²) >= 11 is 0. The molecule has 2 rings (SSSR count). The third-order valence-electron chi connectivity index (χ3n) is 4.89. The number of rotatable bonds is 10. The number of primary amides is 1. The normalized spacial score (nSPS) is 12.9. The van der Waals surface area contributed by atoms with Crippen molar-refractivity contribution in [1.29, 1.82) is 0 Å². The van der Waals surface area contributed by atoms with Crippen molar-refractivity contribution in [3.63, 3.8) is 0 Å². The van der Waals surface area contributed by atoms with E-state index < -0.39 is 18.0 Å². The van der Waals surface area contributed by atoms with Gasteiger partial charge in [-0.15, -0.1) is 0 Å². The van der Waals surface area contributed by atoms with Gasteiger partial charge in [-0.25, -0.2) is 0 Å². The van der Waals surface area contributed by atoms with Gasteiger partial charge in [0, 0.05) is 6.54 Å². The summed E-state index contributed by atoms with van der Waals surface area (Å²) in [4.78, 5) is 26.5. The Morgan fingerprint density at radius 2 is 1.71 bits per heavy atom. The van der Waals surface area contributed by atoms with Crippen LogP contribution in [0.1, 0.15) is 24.5 Å². The van der Waals surface area contributed by atoms with Gasteiger partial charge in [0.15, 0.2) is 0 Å². The lowest BCUT2D eigenvalue weighted by Gasteiger charge is -2.31. The zero-order valence-electron chi connectivity index (χ0n) is 16.5. The second-order valence-electron chi connectivity index (χ2n) is 6.91. The van der Waals surface area contributed by atoms with E-state index in [2.05, 4.69) is 5.32 Å². The Balaban J connectivity index is 2.07. The third-order valence-corrected chi connectivity index (χ3v) is 4.89. The summed E-state index contributed by atoms with van der Waals surface area (Å²) in [5, 5.41) is 12.5. The van der Waals surface area contributed by atoms with Crippen LogP contribution in [0.15, 0.2) is 54.6 Å². The maximum absolute atomic E-state index is 13.1. The number of hydrogen-bond acceptors (Lipinski definition) is 4. The first-order valence-electron chi connectivity index (χ1n) is 9.51. The molecule has 0 spiro atoms. The van der Waals surface area contributed by atoms with Crippen molar-refractivity contribution in [3.05, 3.63) is 65.7 Å². The first-order valence-corrected chi connectivity index (χ1v) is 9.51. The molecule has 2 aromatic carbocycles. The highest BCUT2D eigenvalue weighted by molar-refractivity contribution is 5.89. The Hall–Kier alpha value is -2.86. The number of nitrogens with zero attached hydrogens (tertiary/aromatic N) is 1. The largest absolute Gasteiger partial charge is 0.508 e. The van der Waals surface area contributed by atoms with E-state index in [4.69, 9.17) is 5.73 Å². The number of hydrogen-bond donors (Lipinski definition) is 3. The molecule has 0 aliphatic carbocycles. The van der Waals surface area contributed by atoms with Crippen LogP contribution in [0.5, 0.6) is 5.75 Å². The van der Waals surface area contributed by atoms with Crippen molar-refractivity contribution in [1.82, 2.24) is 10.2 Å². The molecule has 28 heavy (non-hydrogen) atoms. The molecule has 2 atom stereocenters. The van der Waals surface area contributed by atoms with E-state index in [9.17, 15) is 14.7 Å². The molecule has 0 aliphatic heterocycles. The van der Waals surface area contributed by atoms with Gasteiger partial charge in [0.05, 0.1) is 6.04 Å². The number of aryl methyl sites for hydroxylation is 1. The van der Waals surface area contributed by atoms with E-state index in [0.29, 0.717) is 13.0 Å².